The average molecular weight is 1470 g/mol. The monoisotopic (exact) mass is 1470 g/mol. The Labute approximate surface area is 663 Å². The first-order valence-corrected chi connectivity index (χ1v) is 39.2. The van der Waals surface area contributed by atoms with Gasteiger partial charge in [0.05, 0.1) is 44.1 Å². The van der Waals surface area contributed by atoms with Crippen LogP contribution in [0.1, 0.15) is 27.8 Å². The van der Waals surface area contributed by atoms with Crippen molar-refractivity contribution in [2.24, 2.45) is 7.05 Å². The smallest absolute Gasteiger partial charge is 0.143 e. The summed E-state index contributed by atoms with van der Waals surface area (Å²) >= 11 is 0. The van der Waals surface area contributed by atoms with Crippen LogP contribution in [0.3, 0.4) is 0 Å². The van der Waals surface area contributed by atoms with Gasteiger partial charge in [0.2, 0.25) is 0 Å². The Morgan fingerprint density at radius 3 is 1.09 bits per heavy atom. The number of para-hydroxylation sites is 13. The van der Waals surface area contributed by atoms with Gasteiger partial charge in [-0.25, -0.2) is 0 Å². The lowest BCUT2D eigenvalue weighted by atomic mass is 10.0. The van der Waals surface area contributed by atoms with E-state index in [1.54, 1.807) is 0 Å². The van der Waals surface area contributed by atoms with E-state index in [9.17, 15) is 0 Å². The summed E-state index contributed by atoms with van der Waals surface area (Å²) in [6, 6.07) is 143. The third-order valence-corrected chi connectivity index (χ3v) is 22.1. The van der Waals surface area contributed by atoms with Crippen LogP contribution in [-0.2, 0) is 7.05 Å². The van der Waals surface area contributed by atoms with Crippen LogP contribution in [-0.4, -0.2) is 22.8 Å². The maximum absolute atomic E-state index is 6.17. The normalized spacial score (nSPS) is 11.2. The van der Waals surface area contributed by atoms with Crippen LogP contribution >= 0.6 is 0 Å². The second kappa shape index (κ2) is 31.1. The Kier molecular flexibility index (Phi) is 19.4. The zero-order valence-electron chi connectivity index (χ0n) is 64.8. The predicted octanol–water partition coefficient (Wildman–Crippen LogP) is 29.3. The Balaban J connectivity index is 0.0000000954. The molecule has 114 heavy (non-hydrogen) atoms. The van der Waals surface area contributed by atoms with Crippen molar-refractivity contribution >= 4 is 131 Å². The van der Waals surface area contributed by atoms with Crippen molar-refractivity contribution in [3.63, 3.8) is 0 Å². The highest BCUT2D eigenvalue weighted by molar-refractivity contribution is 6.15. The molecule has 0 saturated carbocycles. The van der Waals surface area contributed by atoms with Crippen molar-refractivity contribution in [1.82, 2.24) is 22.8 Å². The van der Waals surface area contributed by atoms with Crippen LogP contribution in [0.5, 0.6) is 0 Å². The van der Waals surface area contributed by atoms with E-state index < -0.39 is 0 Å². The van der Waals surface area contributed by atoms with Gasteiger partial charge in [-0.1, -0.05) is 303 Å². The van der Waals surface area contributed by atoms with Gasteiger partial charge in [0.25, 0.3) is 0 Å². The van der Waals surface area contributed by atoms with Gasteiger partial charge in [0, 0.05) is 111 Å². The zero-order valence-corrected chi connectivity index (χ0v) is 64.8. The molecule has 0 bridgehead atoms. The molecule has 23 rings (SSSR count). The minimum absolute atomic E-state index is 0.975. The van der Waals surface area contributed by atoms with Gasteiger partial charge in [-0.05, 0) is 172 Å². The molecule has 6 heterocycles. The minimum Gasteiger partial charge on any atom is -0.455 e. The molecule has 0 N–H and O–H groups in total. The molecule has 0 amide bonds. The molecule has 0 aliphatic carbocycles. The first kappa shape index (κ1) is 71.2. The summed E-state index contributed by atoms with van der Waals surface area (Å²) in [4.78, 5) is 0. The molecule has 6 aromatic heterocycles. The highest BCUT2D eigenvalue weighted by atomic mass is 16.3. The number of benzene rings is 17. The molecule has 6 nitrogen and oxygen atoms in total. The summed E-state index contributed by atoms with van der Waals surface area (Å²) in [6.45, 7) is 10.7. The van der Waals surface area contributed by atoms with Crippen molar-refractivity contribution in [2.45, 2.75) is 34.6 Å². The Morgan fingerprint density at radius 1 is 0.202 bits per heavy atom. The maximum Gasteiger partial charge on any atom is 0.143 e. The maximum atomic E-state index is 6.17. The number of rotatable bonds is 5. The fourth-order valence-corrected chi connectivity index (χ4v) is 16.9. The van der Waals surface area contributed by atoms with E-state index in [1.807, 2.05) is 6.07 Å². The molecular formula is C108H85N5O. The quantitative estimate of drug-likeness (QED) is 0.169. The SMILES string of the molecule is Cc1ccc2c(c1)c1ccccc1n2-c1ccccc1.Cc1ccc2c3ccccc3n(-c3ccccc3)c2c1.Cc1cccc2c1c1ccccc1n2-c1ccccc1.Cc1cccc2c1oc1c(-c3ccccc3)cccc12.Cc1cccc2c3ccccc3n(-c3ccccc3)c12.Cn1c2ccccc2c2ccccc21. The van der Waals surface area contributed by atoms with Crippen molar-refractivity contribution < 1.29 is 4.42 Å². The number of furan rings is 1. The number of aryl methyl sites for hydroxylation is 6. The van der Waals surface area contributed by atoms with E-state index in [4.69, 9.17) is 4.42 Å². The molecule has 17 aromatic carbocycles. The third kappa shape index (κ3) is 13.3. The molecule has 0 unspecified atom stereocenters. The number of fused-ring (bicyclic) bond motifs is 18. The topological polar surface area (TPSA) is 37.8 Å². The second-order valence-electron chi connectivity index (χ2n) is 29.4. The molecule has 0 saturated heterocycles. The lowest BCUT2D eigenvalue weighted by molar-refractivity contribution is 0.667. The van der Waals surface area contributed by atoms with E-state index in [1.165, 1.54) is 176 Å². The summed E-state index contributed by atoms with van der Waals surface area (Å²) in [7, 11) is 2.12. The van der Waals surface area contributed by atoms with Crippen molar-refractivity contribution in [3.05, 3.63) is 434 Å². The molecule has 0 aliphatic heterocycles. The molecule has 0 fully saturated rings. The number of aromatic nitrogens is 5. The van der Waals surface area contributed by atoms with Gasteiger partial charge in [0.15, 0.2) is 0 Å². The molecule has 6 heteroatoms. The molecule has 0 aliphatic rings. The van der Waals surface area contributed by atoms with Gasteiger partial charge < -0.3 is 27.3 Å². The third-order valence-electron chi connectivity index (χ3n) is 22.1. The van der Waals surface area contributed by atoms with E-state index in [0.717, 1.165) is 16.7 Å². The highest BCUT2D eigenvalue weighted by Crippen LogP contribution is 2.40. The molecular weight excluding hydrogens is 1380 g/mol. The Hall–Kier alpha value is -14.5. The molecule has 0 spiro atoms. The first-order chi connectivity index (χ1) is 56.1. The zero-order chi connectivity index (χ0) is 77.2. The molecule has 0 radical (unpaired) electrons. The first-order valence-electron chi connectivity index (χ1n) is 39.2. The van der Waals surface area contributed by atoms with Gasteiger partial charge in [0.1, 0.15) is 11.2 Å². The summed E-state index contributed by atoms with van der Waals surface area (Å²) in [6.07, 6.45) is 0. The summed E-state index contributed by atoms with van der Waals surface area (Å²) < 4.78 is 17.8. The molecule has 548 valence electrons. The number of hydrogen-bond donors (Lipinski definition) is 0. The predicted molar refractivity (Wildman–Crippen MR) is 486 cm³/mol. The lowest BCUT2D eigenvalue weighted by Crippen LogP contribution is -1.94. The van der Waals surface area contributed by atoms with E-state index in [0.29, 0.717) is 0 Å². The van der Waals surface area contributed by atoms with Crippen LogP contribution in [0.25, 0.3) is 165 Å². The van der Waals surface area contributed by atoms with Crippen molar-refractivity contribution in [3.8, 4) is 33.9 Å². The van der Waals surface area contributed by atoms with Gasteiger partial charge in [-0.3, -0.25) is 0 Å². The van der Waals surface area contributed by atoms with E-state index in [-0.39, 0.29) is 0 Å². The van der Waals surface area contributed by atoms with Crippen molar-refractivity contribution in [2.75, 3.05) is 0 Å². The van der Waals surface area contributed by atoms with Gasteiger partial charge in [-0.2, -0.15) is 0 Å². The molecule has 23 aromatic rings. The Bertz CT molecular complexity index is 7280. The second-order valence-corrected chi connectivity index (χ2v) is 29.4. The molecule has 0 atom stereocenters. The largest absolute Gasteiger partial charge is 0.455 e. The number of hydrogen-bond acceptors (Lipinski definition) is 1. The van der Waals surface area contributed by atoms with Gasteiger partial charge >= 0.3 is 0 Å². The van der Waals surface area contributed by atoms with Crippen LogP contribution < -0.4 is 0 Å². The lowest BCUT2D eigenvalue weighted by Gasteiger charge is -2.08. The average Bonchev–Trinajstić information content (AvgIpc) is 1.61. The van der Waals surface area contributed by atoms with Crippen molar-refractivity contribution in [1.29, 1.82) is 0 Å². The highest BCUT2D eigenvalue weighted by Gasteiger charge is 2.18. The van der Waals surface area contributed by atoms with Crippen LogP contribution in [0.15, 0.2) is 411 Å². The summed E-state index contributed by atoms with van der Waals surface area (Å²) in [5.41, 5.74) is 28.3. The summed E-state index contributed by atoms with van der Waals surface area (Å²) in [5.74, 6) is 0. The minimum atomic E-state index is 0.975. The van der Waals surface area contributed by atoms with Crippen LogP contribution in [0.2, 0.25) is 0 Å². The fraction of sp³-hybridized carbons (Fsp3) is 0.0556. The van der Waals surface area contributed by atoms with E-state index in [2.05, 4.69) is 465 Å². The van der Waals surface area contributed by atoms with E-state index >= 15 is 0 Å². The summed E-state index contributed by atoms with van der Waals surface area (Å²) in [5, 5.41) is 15.6. The van der Waals surface area contributed by atoms with Crippen LogP contribution in [0, 0.1) is 34.6 Å². The fourth-order valence-electron chi connectivity index (χ4n) is 16.9. The Morgan fingerprint density at radius 2 is 0.535 bits per heavy atom. The number of nitrogens with zero attached hydrogens (tertiary/aromatic N) is 5. The van der Waals surface area contributed by atoms with Crippen LogP contribution in [0.4, 0.5) is 0 Å². The standard InChI is InChI=1S/4C19H15N.C19H14O.C13H11N/c1-14-8-7-12-17-16-11-5-6-13-18(16)20(19(14)17)15-9-3-2-4-10-15;1-14-8-7-13-18-19(14)16-11-5-6-12-17(16)20(18)15-9-3-2-4-10-15;1-14-11-12-19-17(13-14)16-9-5-6-10-18(16)20(19)15-7-3-2-4-8-15;1-14-11-12-17-16-9-5-6-10-18(16)20(19(17)13-14)15-7-3-2-4-8-15;1-13-7-5-11-16-17-12-6-10-15(19(17)20-18(13)16)14-8-3-2-4-9-14;1-14-12-8-4-2-6-10(12)11-7-3-5-9-13(11)14/h4*2-13H,1H3;2-12H,1H3;2-9H,1H3. The van der Waals surface area contributed by atoms with Gasteiger partial charge in [-0.15, -0.1) is 0 Å².